The molecule has 1 aliphatic heterocycles. The topological polar surface area (TPSA) is 95.0 Å². The lowest BCUT2D eigenvalue weighted by atomic mass is 10.1. The molecular formula is C22H20ClFN2O6S. The Morgan fingerprint density at radius 3 is 2.67 bits per heavy atom. The van der Waals surface area contributed by atoms with Crippen molar-refractivity contribution in [2.45, 2.75) is 11.5 Å². The molecule has 2 aromatic carbocycles. The number of ether oxygens (including phenoxy) is 3. The quantitative estimate of drug-likeness (QED) is 0.383. The van der Waals surface area contributed by atoms with Crippen molar-refractivity contribution in [3.63, 3.8) is 0 Å². The summed E-state index contributed by atoms with van der Waals surface area (Å²) in [4.78, 5) is 16.3. The lowest BCUT2D eigenvalue weighted by Gasteiger charge is -2.26. The molecule has 11 heteroatoms. The lowest BCUT2D eigenvalue weighted by molar-refractivity contribution is 0.0472. The van der Waals surface area contributed by atoms with Crippen LogP contribution in [0.1, 0.15) is 15.9 Å². The SMILES string of the molecule is COc1ccc2cc(COC(=O)c3ccc(F)c(S(=O)(=O)N4CCOCC4)c3)c(Cl)nc2c1. The number of hydrogen-bond donors (Lipinski definition) is 0. The van der Waals surface area contributed by atoms with Crippen molar-refractivity contribution >= 4 is 38.5 Å². The van der Waals surface area contributed by atoms with Gasteiger partial charge in [0.25, 0.3) is 0 Å². The fourth-order valence-electron chi connectivity index (χ4n) is 3.38. The van der Waals surface area contributed by atoms with Crippen LogP contribution in [-0.2, 0) is 26.1 Å². The third kappa shape index (κ3) is 4.93. The second-order valence-electron chi connectivity index (χ2n) is 7.23. The third-order valence-corrected chi connectivity index (χ3v) is 7.41. The molecule has 1 aromatic heterocycles. The van der Waals surface area contributed by atoms with Crippen molar-refractivity contribution in [1.29, 1.82) is 0 Å². The molecule has 0 N–H and O–H groups in total. The van der Waals surface area contributed by atoms with E-state index in [2.05, 4.69) is 4.98 Å². The first-order valence-corrected chi connectivity index (χ1v) is 11.8. The smallest absolute Gasteiger partial charge is 0.338 e. The summed E-state index contributed by atoms with van der Waals surface area (Å²) in [5, 5.41) is 0.921. The molecule has 1 saturated heterocycles. The van der Waals surface area contributed by atoms with Crippen molar-refractivity contribution in [2.75, 3.05) is 33.4 Å². The number of sulfonamides is 1. The van der Waals surface area contributed by atoms with E-state index in [1.165, 1.54) is 6.07 Å². The minimum Gasteiger partial charge on any atom is -0.497 e. The maximum atomic E-state index is 14.4. The van der Waals surface area contributed by atoms with E-state index in [4.69, 9.17) is 25.8 Å². The number of aromatic nitrogens is 1. The maximum absolute atomic E-state index is 14.4. The van der Waals surface area contributed by atoms with Gasteiger partial charge in [0.2, 0.25) is 10.0 Å². The molecule has 0 saturated carbocycles. The molecule has 1 fully saturated rings. The van der Waals surface area contributed by atoms with Gasteiger partial charge in [-0.3, -0.25) is 0 Å². The molecule has 2 heterocycles. The van der Waals surface area contributed by atoms with Crippen LogP contribution in [0, 0.1) is 5.82 Å². The van der Waals surface area contributed by atoms with Crippen LogP contribution in [0.5, 0.6) is 5.75 Å². The van der Waals surface area contributed by atoms with Gasteiger partial charge in [-0.2, -0.15) is 4.31 Å². The monoisotopic (exact) mass is 494 g/mol. The van der Waals surface area contributed by atoms with Gasteiger partial charge in [-0.15, -0.1) is 0 Å². The number of pyridine rings is 1. The normalized spacial score (nSPS) is 14.9. The molecule has 174 valence electrons. The summed E-state index contributed by atoms with van der Waals surface area (Å²) in [6.07, 6.45) is 0. The summed E-state index contributed by atoms with van der Waals surface area (Å²) in [7, 11) is -2.58. The molecule has 0 bridgehead atoms. The van der Waals surface area contributed by atoms with Crippen molar-refractivity contribution in [1.82, 2.24) is 9.29 Å². The average molecular weight is 495 g/mol. The largest absolute Gasteiger partial charge is 0.497 e. The van der Waals surface area contributed by atoms with Gasteiger partial charge in [-0.1, -0.05) is 11.6 Å². The highest BCUT2D eigenvalue weighted by molar-refractivity contribution is 7.89. The van der Waals surface area contributed by atoms with Gasteiger partial charge in [-0.25, -0.2) is 22.6 Å². The third-order valence-electron chi connectivity index (χ3n) is 5.16. The minimum atomic E-state index is -4.12. The fourth-order valence-corrected chi connectivity index (χ4v) is 5.07. The Bertz CT molecular complexity index is 1310. The van der Waals surface area contributed by atoms with Gasteiger partial charge in [0.15, 0.2) is 0 Å². The van der Waals surface area contributed by atoms with E-state index < -0.39 is 26.7 Å². The van der Waals surface area contributed by atoms with Gasteiger partial charge < -0.3 is 14.2 Å². The number of esters is 1. The van der Waals surface area contributed by atoms with Crippen LogP contribution >= 0.6 is 11.6 Å². The van der Waals surface area contributed by atoms with Gasteiger partial charge >= 0.3 is 5.97 Å². The zero-order valence-electron chi connectivity index (χ0n) is 17.6. The standard InChI is InChI=1S/C22H20ClFN2O6S/c1-30-17-4-2-14-10-16(21(23)25-19(14)12-17)13-32-22(27)15-3-5-18(24)20(11-15)33(28,29)26-6-8-31-9-7-26/h2-5,10-12H,6-9,13H2,1H3. The predicted octanol–water partition coefficient (Wildman–Crippen LogP) is 3.41. The molecule has 0 unspecified atom stereocenters. The van der Waals surface area contributed by atoms with E-state index >= 15 is 0 Å². The van der Waals surface area contributed by atoms with E-state index in [1.807, 2.05) is 0 Å². The van der Waals surface area contributed by atoms with Crippen molar-refractivity contribution < 1.29 is 31.8 Å². The highest BCUT2D eigenvalue weighted by Crippen LogP contribution is 2.26. The van der Waals surface area contributed by atoms with Gasteiger partial charge in [0.1, 0.15) is 28.2 Å². The number of nitrogens with zero attached hydrogens (tertiary/aromatic N) is 2. The zero-order valence-corrected chi connectivity index (χ0v) is 19.2. The molecule has 0 atom stereocenters. The van der Waals surface area contributed by atoms with Crippen LogP contribution in [0.3, 0.4) is 0 Å². The molecule has 0 amide bonds. The Labute approximate surface area is 194 Å². The fraction of sp³-hybridized carbons (Fsp3) is 0.273. The first-order chi connectivity index (χ1) is 15.8. The van der Waals surface area contributed by atoms with E-state index in [-0.39, 0.29) is 43.6 Å². The molecule has 33 heavy (non-hydrogen) atoms. The summed E-state index contributed by atoms with van der Waals surface area (Å²) in [5.74, 6) is -1.14. The van der Waals surface area contributed by atoms with E-state index in [0.29, 0.717) is 16.8 Å². The van der Waals surface area contributed by atoms with Crippen molar-refractivity contribution in [3.8, 4) is 5.75 Å². The van der Waals surface area contributed by atoms with E-state index in [1.54, 1.807) is 31.4 Å². The van der Waals surface area contributed by atoms with Gasteiger partial charge in [0, 0.05) is 30.1 Å². The van der Waals surface area contributed by atoms with Crippen molar-refractivity contribution in [2.24, 2.45) is 0 Å². The van der Waals surface area contributed by atoms with Crippen LogP contribution in [0.15, 0.2) is 47.4 Å². The highest BCUT2D eigenvalue weighted by atomic mass is 35.5. The number of fused-ring (bicyclic) bond motifs is 1. The summed E-state index contributed by atoms with van der Waals surface area (Å²) in [5.41, 5.74) is 0.981. The number of hydrogen-bond acceptors (Lipinski definition) is 7. The average Bonchev–Trinajstić information content (AvgIpc) is 2.82. The molecule has 1 aliphatic rings. The van der Waals surface area contributed by atoms with Gasteiger partial charge in [-0.05, 0) is 36.4 Å². The number of halogens is 2. The summed E-state index contributed by atoms with van der Waals surface area (Å²) in [6, 6.07) is 10.1. The van der Waals surface area contributed by atoms with E-state index in [9.17, 15) is 17.6 Å². The second kappa shape index (κ2) is 9.60. The molecule has 4 rings (SSSR count). The van der Waals surface area contributed by atoms with Gasteiger partial charge in [0.05, 0.1) is 31.4 Å². The molecule has 0 aliphatic carbocycles. The first kappa shape index (κ1) is 23.4. The lowest BCUT2D eigenvalue weighted by Crippen LogP contribution is -2.41. The number of benzene rings is 2. The minimum absolute atomic E-state index is 0.0992. The van der Waals surface area contributed by atoms with Crippen LogP contribution in [0.25, 0.3) is 10.9 Å². The second-order valence-corrected chi connectivity index (χ2v) is 9.50. The van der Waals surface area contributed by atoms with Crippen LogP contribution in [0.2, 0.25) is 5.15 Å². The number of methoxy groups -OCH3 is 1. The van der Waals surface area contributed by atoms with Crippen LogP contribution in [-0.4, -0.2) is 57.1 Å². The zero-order chi connectivity index (χ0) is 23.6. The Balaban J connectivity index is 1.53. The predicted molar refractivity (Wildman–Crippen MR) is 118 cm³/mol. The Morgan fingerprint density at radius 2 is 1.94 bits per heavy atom. The van der Waals surface area contributed by atoms with Crippen LogP contribution < -0.4 is 4.74 Å². The molecule has 0 radical (unpaired) electrons. The molecular weight excluding hydrogens is 475 g/mol. The molecule has 0 spiro atoms. The Hall–Kier alpha value is -2.79. The number of carbonyl (C=O) groups is 1. The molecule has 3 aromatic rings. The summed E-state index contributed by atoms with van der Waals surface area (Å²) >= 11 is 6.23. The summed E-state index contributed by atoms with van der Waals surface area (Å²) < 4.78 is 56.8. The number of rotatable bonds is 6. The molecule has 8 nitrogen and oxygen atoms in total. The van der Waals surface area contributed by atoms with Crippen LogP contribution in [0.4, 0.5) is 4.39 Å². The Kier molecular flexibility index (Phi) is 6.80. The summed E-state index contributed by atoms with van der Waals surface area (Å²) in [6.45, 7) is 0.451. The van der Waals surface area contributed by atoms with Crippen molar-refractivity contribution in [3.05, 3.63) is 64.6 Å². The van der Waals surface area contributed by atoms with E-state index in [0.717, 1.165) is 21.8 Å². The Morgan fingerprint density at radius 1 is 1.18 bits per heavy atom. The number of carbonyl (C=O) groups excluding carboxylic acids is 1. The number of morpholine rings is 1. The first-order valence-electron chi connectivity index (χ1n) is 9.97. The maximum Gasteiger partial charge on any atom is 0.338 e. The highest BCUT2D eigenvalue weighted by Gasteiger charge is 2.30.